The van der Waals surface area contributed by atoms with E-state index in [1.807, 2.05) is 0 Å². The molecule has 5 heteroatoms. The fourth-order valence-corrected chi connectivity index (χ4v) is 3.34. The third-order valence-electron chi connectivity index (χ3n) is 4.68. The Morgan fingerprint density at radius 1 is 1.32 bits per heavy atom. The number of nitrogens with two attached hydrogens (primary N) is 1. The average molecular weight is 268 g/mol. The Kier molecular flexibility index (Phi) is 5.60. The lowest BCUT2D eigenvalue weighted by molar-refractivity contribution is -0.121. The number of likely N-dealkylation sites (tertiary alicyclic amines) is 2. The lowest BCUT2D eigenvalue weighted by Crippen LogP contribution is -2.42. The van der Waals surface area contributed by atoms with Gasteiger partial charge in [-0.05, 0) is 45.7 Å². The normalized spacial score (nSPS) is 27.4. The summed E-state index contributed by atoms with van der Waals surface area (Å²) >= 11 is 0. The number of rotatable bonds is 5. The van der Waals surface area contributed by atoms with Crippen molar-refractivity contribution in [3.8, 4) is 0 Å². The molecule has 2 rings (SSSR count). The number of piperidine rings is 1. The molecule has 0 spiro atoms. The highest BCUT2D eigenvalue weighted by molar-refractivity contribution is 5.75. The van der Waals surface area contributed by atoms with Crippen LogP contribution in [0, 0.1) is 0 Å². The van der Waals surface area contributed by atoms with E-state index in [4.69, 9.17) is 5.84 Å². The summed E-state index contributed by atoms with van der Waals surface area (Å²) < 4.78 is 0. The largest absolute Gasteiger partial charge is 0.299 e. The molecule has 2 atom stereocenters. The van der Waals surface area contributed by atoms with E-state index >= 15 is 0 Å². The Morgan fingerprint density at radius 3 is 2.74 bits per heavy atom. The van der Waals surface area contributed by atoms with Gasteiger partial charge in [-0.1, -0.05) is 6.42 Å². The summed E-state index contributed by atoms with van der Waals surface area (Å²) in [5.74, 6) is 5.05. The summed E-state index contributed by atoms with van der Waals surface area (Å²) in [4.78, 5) is 16.4. The minimum atomic E-state index is -0.0568. The molecule has 2 fully saturated rings. The van der Waals surface area contributed by atoms with Crippen LogP contribution in [0.25, 0.3) is 0 Å². The van der Waals surface area contributed by atoms with E-state index in [-0.39, 0.29) is 5.91 Å². The Morgan fingerprint density at radius 2 is 2.05 bits per heavy atom. The van der Waals surface area contributed by atoms with Crippen LogP contribution in [0.4, 0.5) is 0 Å². The Hall–Kier alpha value is -0.650. The van der Waals surface area contributed by atoms with Gasteiger partial charge in [0.15, 0.2) is 0 Å². The van der Waals surface area contributed by atoms with Crippen molar-refractivity contribution in [3.05, 3.63) is 0 Å². The van der Waals surface area contributed by atoms with Gasteiger partial charge in [0.1, 0.15) is 0 Å². The summed E-state index contributed by atoms with van der Waals surface area (Å²) in [5.41, 5.74) is 2.21. The standard InChI is InChI=1S/C14H28N4O/c1-12(5-6-14(19)16-15)18-10-7-13(11-18)17-8-3-2-4-9-17/h12-13H,2-11,15H2,1H3,(H,16,19). The van der Waals surface area contributed by atoms with Gasteiger partial charge in [-0.2, -0.15) is 0 Å². The van der Waals surface area contributed by atoms with E-state index in [0.29, 0.717) is 12.5 Å². The first-order valence-corrected chi connectivity index (χ1v) is 7.68. The van der Waals surface area contributed by atoms with Crippen molar-refractivity contribution >= 4 is 5.91 Å². The highest BCUT2D eigenvalue weighted by Crippen LogP contribution is 2.22. The first kappa shape index (κ1) is 14.8. The van der Waals surface area contributed by atoms with Crippen molar-refractivity contribution in [1.29, 1.82) is 0 Å². The van der Waals surface area contributed by atoms with E-state index in [1.54, 1.807) is 0 Å². The molecule has 5 nitrogen and oxygen atoms in total. The molecule has 2 aliphatic heterocycles. The van der Waals surface area contributed by atoms with Crippen LogP contribution >= 0.6 is 0 Å². The van der Waals surface area contributed by atoms with Crippen LogP contribution in [-0.2, 0) is 4.79 Å². The van der Waals surface area contributed by atoms with Crippen LogP contribution in [-0.4, -0.2) is 54.0 Å². The van der Waals surface area contributed by atoms with Gasteiger partial charge in [-0.25, -0.2) is 5.84 Å². The summed E-state index contributed by atoms with van der Waals surface area (Å²) in [5, 5.41) is 0. The molecule has 2 heterocycles. The van der Waals surface area contributed by atoms with E-state index in [0.717, 1.165) is 12.5 Å². The highest BCUT2D eigenvalue weighted by atomic mass is 16.2. The lowest BCUT2D eigenvalue weighted by atomic mass is 10.1. The maximum absolute atomic E-state index is 11.2. The van der Waals surface area contributed by atoms with Crippen molar-refractivity contribution in [3.63, 3.8) is 0 Å². The van der Waals surface area contributed by atoms with Crippen molar-refractivity contribution in [2.75, 3.05) is 26.2 Å². The molecular weight excluding hydrogens is 240 g/mol. The predicted molar refractivity (Wildman–Crippen MR) is 76.4 cm³/mol. The van der Waals surface area contributed by atoms with Crippen LogP contribution in [0.15, 0.2) is 0 Å². The first-order chi connectivity index (χ1) is 9.20. The Balaban J connectivity index is 1.72. The average Bonchev–Trinajstić information content (AvgIpc) is 2.95. The SMILES string of the molecule is CC(CCC(=O)NN)N1CCC(N2CCCCC2)C1. The number of carbonyl (C=O) groups excluding carboxylic acids is 1. The molecule has 0 bridgehead atoms. The number of hydrogen-bond donors (Lipinski definition) is 2. The number of nitrogens with one attached hydrogen (secondary N) is 1. The highest BCUT2D eigenvalue weighted by Gasteiger charge is 2.30. The third-order valence-corrected chi connectivity index (χ3v) is 4.68. The monoisotopic (exact) mass is 268 g/mol. The fourth-order valence-electron chi connectivity index (χ4n) is 3.34. The second-order valence-corrected chi connectivity index (χ2v) is 5.99. The number of amides is 1. The zero-order valence-corrected chi connectivity index (χ0v) is 12.1. The molecule has 0 aliphatic carbocycles. The number of nitrogens with zero attached hydrogens (tertiary/aromatic N) is 2. The van der Waals surface area contributed by atoms with Crippen molar-refractivity contribution in [1.82, 2.24) is 15.2 Å². The van der Waals surface area contributed by atoms with Gasteiger partial charge in [0, 0.05) is 31.6 Å². The zero-order chi connectivity index (χ0) is 13.7. The third kappa shape index (κ3) is 4.16. The van der Waals surface area contributed by atoms with Crippen LogP contribution in [0.5, 0.6) is 0 Å². The number of hydrogen-bond acceptors (Lipinski definition) is 4. The lowest BCUT2D eigenvalue weighted by Gasteiger charge is -2.33. The molecule has 0 aromatic carbocycles. The van der Waals surface area contributed by atoms with E-state index in [2.05, 4.69) is 22.1 Å². The summed E-state index contributed by atoms with van der Waals surface area (Å²) in [6.07, 6.45) is 6.84. The Bertz CT molecular complexity index is 291. The first-order valence-electron chi connectivity index (χ1n) is 7.68. The molecule has 0 radical (unpaired) electrons. The molecule has 0 saturated carbocycles. The van der Waals surface area contributed by atoms with Crippen molar-refractivity contribution < 1.29 is 4.79 Å². The molecule has 2 aliphatic rings. The second-order valence-electron chi connectivity index (χ2n) is 5.99. The molecule has 3 N–H and O–H groups in total. The topological polar surface area (TPSA) is 61.6 Å². The van der Waals surface area contributed by atoms with Crippen LogP contribution in [0.3, 0.4) is 0 Å². The minimum Gasteiger partial charge on any atom is -0.299 e. The second kappa shape index (κ2) is 7.22. The molecule has 0 aromatic rings. The Labute approximate surface area is 116 Å². The van der Waals surface area contributed by atoms with Gasteiger partial charge < -0.3 is 0 Å². The summed E-state index contributed by atoms with van der Waals surface area (Å²) in [7, 11) is 0. The maximum atomic E-state index is 11.2. The van der Waals surface area contributed by atoms with Crippen LogP contribution in [0.1, 0.15) is 45.4 Å². The van der Waals surface area contributed by atoms with Crippen molar-refractivity contribution in [2.45, 2.75) is 57.5 Å². The van der Waals surface area contributed by atoms with E-state index in [1.165, 1.54) is 51.9 Å². The fraction of sp³-hybridized carbons (Fsp3) is 0.929. The predicted octanol–water partition coefficient (Wildman–Crippen LogP) is 0.705. The van der Waals surface area contributed by atoms with Gasteiger partial charge in [-0.15, -0.1) is 0 Å². The molecule has 19 heavy (non-hydrogen) atoms. The summed E-state index contributed by atoms with van der Waals surface area (Å²) in [6, 6.07) is 1.22. The van der Waals surface area contributed by atoms with Crippen molar-refractivity contribution in [2.24, 2.45) is 5.84 Å². The molecular formula is C14H28N4O. The molecule has 1 amide bonds. The van der Waals surface area contributed by atoms with Gasteiger partial charge in [0.05, 0.1) is 0 Å². The maximum Gasteiger partial charge on any atom is 0.233 e. The van der Waals surface area contributed by atoms with Crippen LogP contribution in [0.2, 0.25) is 0 Å². The molecule has 110 valence electrons. The van der Waals surface area contributed by atoms with E-state index < -0.39 is 0 Å². The molecule has 2 saturated heterocycles. The van der Waals surface area contributed by atoms with Gasteiger partial charge >= 0.3 is 0 Å². The number of carbonyl (C=O) groups is 1. The molecule has 0 aromatic heterocycles. The zero-order valence-electron chi connectivity index (χ0n) is 12.1. The molecule has 2 unspecified atom stereocenters. The number of hydrazine groups is 1. The van der Waals surface area contributed by atoms with Gasteiger partial charge in [-0.3, -0.25) is 20.0 Å². The minimum absolute atomic E-state index is 0.0568. The smallest absolute Gasteiger partial charge is 0.233 e. The van der Waals surface area contributed by atoms with Gasteiger partial charge in [0.2, 0.25) is 5.91 Å². The quantitative estimate of drug-likeness (QED) is 0.438. The summed E-state index contributed by atoms with van der Waals surface area (Å²) in [6.45, 7) is 7.13. The van der Waals surface area contributed by atoms with Gasteiger partial charge in [0.25, 0.3) is 0 Å². The van der Waals surface area contributed by atoms with E-state index in [9.17, 15) is 4.79 Å². The van der Waals surface area contributed by atoms with Crippen LogP contribution < -0.4 is 11.3 Å².